The number of amides is 1. The number of nitriles is 1. The lowest BCUT2D eigenvalue weighted by atomic mass is 9.63. The normalized spacial score (nSPS) is 26.0. The van der Waals surface area contributed by atoms with Crippen LogP contribution in [0.3, 0.4) is 0 Å². The molecule has 0 atom stereocenters. The molecule has 0 spiro atoms. The van der Waals surface area contributed by atoms with Gasteiger partial charge in [0.25, 0.3) is 0 Å². The van der Waals surface area contributed by atoms with Crippen molar-refractivity contribution in [3.8, 4) is 6.07 Å². The Morgan fingerprint density at radius 2 is 2.28 bits per heavy atom. The Bertz CT molecular complexity index is 532. The molecule has 18 heavy (non-hydrogen) atoms. The van der Waals surface area contributed by atoms with E-state index in [1.165, 1.54) is 0 Å². The van der Waals surface area contributed by atoms with Gasteiger partial charge in [0, 0.05) is 10.2 Å². The summed E-state index contributed by atoms with van der Waals surface area (Å²) >= 11 is 9.24. The first kappa shape index (κ1) is 13.4. The topological polar surface area (TPSA) is 52.9 Å². The Morgan fingerprint density at radius 1 is 1.61 bits per heavy atom. The van der Waals surface area contributed by atoms with E-state index in [1.807, 2.05) is 6.92 Å². The van der Waals surface area contributed by atoms with Gasteiger partial charge in [-0.25, -0.2) is 0 Å². The van der Waals surface area contributed by atoms with E-state index in [0.717, 1.165) is 4.47 Å². The highest BCUT2D eigenvalue weighted by molar-refractivity contribution is 9.10. The molecule has 2 rings (SSSR count). The zero-order chi connectivity index (χ0) is 13.3. The Labute approximate surface area is 119 Å². The lowest BCUT2D eigenvalue weighted by Crippen LogP contribution is -2.45. The number of rotatable bonds is 2. The molecular weight excluding hydrogens is 316 g/mol. The molecule has 94 valence electrons. The van der Waals surface area contributed by atoms with Crippen molar-refractivity contribution < 1.29 is 4.79 Å². The number of benzene rings is 1. The number of carbonyl (C=O) groups excluding carboxylic acids is 1. The quantitative estimate of drug-likeness (QED) is 0.893. The highest BCUT2D eigenvalue weighted by atomic mass is 79.9. The van der Waals surface area contributed by atoms with Gasteiger partial charge in [0.15, 0.2) is 0 Å². The van der Waals surface area contributed by atoms with Crippen LogP contribution in [0, 0.1) is 22.7 Å². The molecule has 1 N–H and O–H groups in total. The summed E-state index contributed by atoms with van der Waals surface area (Å²) in [5.74, 6) is 0.199. The summed E-state index contributed by atoms with van der Waals surface area (Å²) in [4.78, 5) is 12.1. The first-order chi connectivity index (χ1) is 8.47. The molecule has 0 aliphatic heterocycles. The summed E-state index contributed by atoms with van der Waals surface area (Å²) in [5.41, 5.74) is -0.249. The lowest BCUT2D eigenvalue weighted by Gasteiger charge is -2.39. The largest absolute Gasteiger partial charge is 0.325 e. The predicted molar refractivity (Wildman–Crippen MR) is 74.2 cm³/mol. The number of anilines is 1. The molecule has 1 fully saturated rings. The van der Waals surface area contributed by atoms with Crippen molar-refractivity contribution in [1.29, 1.82) is 5.26 Å². The molecule has 0 bridgehead atoms. The molecule has 5 heteroatoms. The smallest absolute Gasteiger partial charge is 0.244 e. The molecule has 1 aromatic carbocycles. The maximum absolute atomic E-state index is 12.1. The van der Waals surface area contributed by atoms with Crippen molar-refractivity contribution in [2.75, 3.05) is 5.32 Å². The highest BCUT2D eigenvalue weighted by Crippen LogP contribution is 2.45. The standard InChI is InChI=1S/C13H12BrClN2O/c1-8-5-13(6-8,7-16)12(18)17-9-2-3-10(14)11(15)4-9/h2-4,8H,5-6H2,1H3,(H,17,18). The van der Waals surface area contributed by atoms with Crippen LogP contribution in [-0.2, 0) is 4.79 Å². The number of nitrogens with zero attached hydrogens (tertiary/aromatic N) is 1. The van der Waals surface area contributed by atoms with Gasteiger partial charge in [-0.05, 0) is 52.9 Å². The predicted octanol–water partition coefficient (Wildman–Crippen LogP) is 3.98. The number of hydrogen-bond donors (Lipinski definition) is 1. The summed E-state index contributed by atoms with van der Waals surface area (Å²) in [6, 6.07) is 7.32. The summed E-state index contributed by atoms with van der Waals surface area (Å²) in [7, 11) is 0. The molecule has 0 saturated heterocycles. The SMILES string of the molecule is CC1CC(C#N)(C(=O)Nc2ccc(Br)c(Cl)c2)C1. The number of hydrogen-bond acceptors (Lipinski definition) is 2. The van der Waals surface area contributed by atoms with Crippen LogP contribution < -0.4 is 5.32 Å². The second-order valence-corrected chi connectivity index (χ2v) is 6.05. The molecule has 0 radical (unpaired) electrons. The van der Waals surface area contributed by atoms with Crippen molar-refractivity contribution in [3.63, 3.8) is 0 Å². The van der Waals surface area contributed by atoms with Crippen LogP contribution in [0.5, 0.6) is 0 Å². The van der Waals surface area contributed by atoms with Crippen molar-refractivity contribution in [3.05, 3.63) is 27.7 Å². The average molecular weight is 328 g/mol. The third-order valence-corrected chi connectivity index (χ3v) is 4.45. The molecule has 1 aromatic rings. The van der Waals surface area contributed by atoms with Gasteiger partial charge in [-0.2, -0.15) is 5.26 Å². The van der Waals surface area contributed by atoms with Crippen molar-refractivity contribution in [1.82, 2.24) is 0 Å². The van der Waals surface area contributed by atoms with Crippen molar-refractivity contribution >= 4 is 39.1 Å². The van der Waals surface area contributed by atoms with Crippen LogP contribution in [0.4, 0.5) is 5.69 Å². The van der Waals surface area contributed by atoms with E-state index in [1.54, 1.807) is 18.2 Å². The van der Waals surface area contributed by atoms with Crippen LogP contribution in [0.25, 0.3) is 0 Å². The first-order valence-electron chi connectivity index (χ1n) is 5.64. The van der Waals surface area contributed by atoms with Gasteiger partial charge in [-0.3, -0.25) is 4.79 Å². The lowest BCUT2D eigenvalue weighted by molar-refractivity contribution is -0.128. The van der Waals surface area contributed by atoms with Gasteiger partial charge < -0.3 is 5.32 Å². The fourth-order valence-electron chi connectivity index (χ4n) is 2.28. The van der Waals surface area contributed by atoms with Crippen LogP contribution >= 0.6 is 27.5 Å². The third kappa shape index (κ3) is 2.38. The van der Waals surface area contributed by atoms with Crippen LogP contribution in [-0.4, -0.2) is 5.91 Å². The Kier molecular flexibility index (Phi) is 3.65. The average Bonchev–Trinajstić information content (AvgIpc) is 2.29. The van der Waals surface area contributed by atoms with Crippen LogP contribution in [0.1, 0.15) is 19.8 Å². The maximum atomic E-state index is 12.1. The van der Waals surface area contributed by atoms with E-state index >= 15 is 0 Å². The zero-order valence-corrected chi connectivity index (χ0v) is 12.2. The van der Waals surface area contributed by atoms with E-state index < -0.39 is 5.41 Å². The van der Waals surface area contributed by atoms with E-state index in [-0.39, 0.29) is 5.91 Å². The van der Waals surface area contributed by atoms with Gasteiger partial charge in [-0.15, -0.1) is 0 Å². The van der Waals surface area contributed by atoms with Crippen molar-refractivity contribution in [2.24, 2.45) is 11.3 Å². The number of halogens is 2. The molecule has 1 saturated carbocycles. The highest BCUT2D eigenvalue weighted by Gasteiger charge is 2.48. The molecule has 3 nitrogen and oxygen atoms in total. The van der Waals surface area contributed by atoms with Crippen LogP contribution in [0.2, 0.25) is 5.02 Å². The minimum atomic E-state index is -0.862. The molecule has 0 aromatic heterocycles. The van der Waals surface area contributed by atoms with Gasteiger partial charge in [0.2, 0.25) is 5.91 Å². The maximum Gasteiger partial charge on any atom is 0.244 e. The molecular formula is C13H12BrClN2O. The molecule has 1 aliphatic carbocycles. The Hall–Kier alpha value is -1.05. The molecule has 0 heterocycles. The fourth-order valence-corrected chi connectivity index (χ4v) is 2.71. The summed E-state index contributed by atoms with van der Waals surface area (Å²) < 4.78 is 0.773. The van der Waals surface area contributed by atoms with Gasteiger partial charge in [0.1, 0.15) is 5.41 Å². The minimum absolute atomic E-state index is 0.235. The second kappa shape index (κ2) is 4.91. The zero-order valence-electron chi connectivity index (χ0n) is 9.84. The third-order valence-electron chi connectivity index (χ3n) is 3.22. The van der Waals surface area contributed by atoms with E-state index in [2.05, 4.69) is 27.3 Å². The summed E-state index contributed by atoms with van der Waals surface area (Å²) in [6.07, 6.45) is 1.25. The number of carbonyl (C=O) groups is 1. The first-order valence-corrected chi connectivity index (χ1v) is 6.82. The van der Waals surface area contributed by atoms with E-state index in [0.29, 0.717) is 29.5 Å². The van der Waals surface area contributed by atoms with Gasteiger partial charge in [0.05, 0.1) is 11.1 Å². The minimum Gasteiger partial charge on any atom is -0.325 e. The second-order valence-electron chi connectivity index (χ2n) is 4.79. The molecule has 1 aliphatic rings. The van der Waals surface area contributed by atoms with Gasteiger partial charge >= 0.3 is 0 Å². The fraction of sp³-hybridized carbons (Fsp3) is 0.385. The monoisotopic (exact) mass is 326 g/mol. The van der Waals surface area contributed by atoms with Gasteiger partial charge in [-0.1, -0.05) is 18.5 Å². The molecule has 0 unspecified atom stereocenters. The van der Waals surface area contributed by atoms with Crippen LogP contribution in [0.15, 0.2) is 22.7 Å². The number of nitrogens with one attached hydrogen (secondary N) is 1. The summed E-state index contributed by atoms with van der Waals surface area (Å²) in [5, 5.41) is 12.4. The van der Waals surface area contributed by atoms with E-state index in [9.17, 15) is 4.79 Å². The van der Waals surface area contributed by atoms with E-state index in [4.69, 9.17) is 16.9 Å². The van der Waals surface area contributed by atoms with Crippen molar-refractivity contribution in [2.45, 2.75) is 19.8 Å². The Morgan fingerprint density at radius 3 is 2.78 bits per heavy atom. The molecule has 1 amide bonds. The Balaban J connectivity index is 2.12. The summed E-state index contributed by atoms with van der Waals surface area (Å²) in [6.45, 7) is 2.04.